The molecule has 3 unspecified atom stereocenters. The van der Waals surface area contributed by atoms with E-state index in [1.807, 2.05) is 24.3 Å². The Kier molecular flexibility index (Phi) is 4.78. The topological polar surface area (TPSA) is 66.8 Å². The average Bonchev–Trinajstić information content (AvgIpc) is 3.02. The van der Waals surface area contributed by atoms with Gasteiger partial charge in [0.2, 0.25) is 0 Å². The SMILES string of the molecule is O=C1C2=C(OC3CCCCC13)C(=O)N(Cc1ccccc1Cl)C2c1cccc(O)c1. The van der Waals surface area contributed by atoms with Crippen molar-refractivity contribution in [2.24, 2.45) is 5.92 Å². The number of phenols is 1. The zero-order chi connectivity index (χ0) is 20.8. The van der Waals surface area contributed by atoms with E-state index in [9.17, 15) is 14.7 Å². The first kappa shape index (κ1) is 19.2. The fourth-order valence-electron chi connectivity index (χ4n) is 4.91. The lowest BCUT2D eigenvalue weighted by Crippen LogP contribution is -2.39. The van der Waals surface area contributed by atoms with E-state index >= 15 is 0 Å². The summed E-state index contributed by atoms with van der Waals surface area (Å²) in [6.45, 7) is 0.248. The van der Waals surface area contributed by atoms with Gasteiger partial charge in [0, 0.05) is 11.6 Å². The van der Waals surface area contributed by atoms with Crippen molar-refractivity contribution in [1.29, 1.82) is 0 Å². The van der Waals surface area contributed by atoms with Gasteiger partial charge >= 0.3 is 0 Å². The molecule has 2 aromatic rings. The molecule has 1 saturated carbocycles. The Labute approximate surface area is 179 Å². The molecule has 2 aromatic carbocycles. The van der Waals surface area contributed by atoms with E-state index in [1.165, 1.54) is 0 Å². The van der Waals surface area contributed by atoms with E-state index in [0.29, 0.717) is 16.2 Å². The monoisotopic (exact) mass is 423 g/mol. The van der Waals surface area contributed by atoms with Gasteiger partial charge in [-0.3, -0.25) is 9.59 Å². The Morgan fingerprint density at radius 1 is 1.07 bits per heavy atom. The molecule has 1 aliphatic carbocycles. The van der Waals surface area contributed by atoms with E-state index in [2.05, 4.69) is 0 Å². The van der Waals surface area contributed by atoms with Gasteiger partial charge in [0.1, 0.15) is 11.9 Å². The zero-order valence-corrected chi connectivity index (χ0v) is 17.1. The number of aromatic hydroxyl groups is 1. The van der Waals surface area contributed by atoms with Crippen molar-refractivity contribution in [3.05, 3.63) is 76.0 Å². The number of amides is 1. The minimum absolute atomic E-state index is 0.00398. The summed E-state index contributed by atoms with van der Waals surface area (Å²) in [7, 11) is 0. The van der Waals surface area contributed by atoms with E-state index in [0.717, 1.165) is 31.2 Å². The second kappa shape index (κ2) is 7.47. The molecule has 3 aliphatic rings. The van der Waals surface area contributed by atoms with Gasteiger partial charge in [0.25, 0.3) is 5.91 Å². The summed E-state index contributed by atoms with van der Waals surface area (Å²) in [5.74, 6) is -0.236. The Bertz CT molecular complexity index is 1060. The van der Waals surface area contributed by atoms with Crippen molar-refractivity contribution in [1.82, 2.24) is 4.90 Å². The van der Waals surface area contributed by atoms with Crippen molar-refractivity contribution in [3.8, 4) is 5.75 Å². The largest absolute Gasteiger partial charge is 0.508 e. The first-order valence-electron chi connectivity index (χ1n) is 10.3. The third kappa shape index (κ3) is 3.08. The highest BCUT2D eigenvalue weighted by Crippen LogP contribution is 2.47. The van der Waals surface area contributed by atoms with Crippen molar-refractivity contribution in [2.75, 3.05) is 0 Å². The maximum Gasteiger partial charge on any atom is 0.290 e. The van der Waals surface area contributed by atoms with Crippen LogP contribution in [0.15, 0.2) is 59.9 Å². The van der Waals surface area contributed by atoms with E-state index in [4.69, 9.17) is 16.3 Å². The van der Waals surface area contributed by atoms with Crippen LogP contribution in [-0.2, 0) is 20.9 Å². The van der Waals surface area contributed by atoms with Crippen LogP contribution in [0.2, 0.25) is 5.02 Å². The lowest BCUT2D eigenvalue weighted by atomic mass is 9.77. The number of hydrogen-bond donors (Lipinski definition) is 1. The predicted molar refractivity (Wildman–Crippen MR) is 112 cm³/mol. The number of fused-ring (bicyclic) bond motifs is 1. The average molecular weight is 424 g/mol. The van der Waals surface area contributed by atoms with Crippen molar-refractivity contribution < 1.29 is 19.4 Å². The van der Waals surface area contributed by atoms with E-state index in [-0.39, 0.29) is 41.8 Å². The molecular weight excluding hydrogens is 402 g/mol. The van der Waals surface area contributed by atoms with E-state index in [1.54, 1.807) is 29.2 Å². The van der Waals surface area contributed by atoms with Crippen LogP contribution < -0.4 is 0 Å². The van der Waals surface area contributed by atoms with Gasteiger partial charge < -0.3 is 14.7 Å². The molecule has 1 amide bonds. The summed E-state index contributed by atoms with van der Waals surface area (Å²) in [5, 5.41) is 10.6. The normalized spacial score (nSPS) is 25.8. The minimum Gasteiger partial charge on any atom is -0.508 e. The van der Waals surface area contributed by atoms with Gasteiger partial charge in [-0.25, -0.2) is 0 Å². The number of ether oxygens (including phenoxy) is 1. The Balaban J connectivity index is 1.60. The second-order valence-electron chi connectivity index (χ2n) is 8.18. The number of rotatable bonds is 3. The van der Waals surface area contributed by atoms with Gasteiger partial charge in [-0.1, -0.05) is 48.4 Å². The standard InChI is InChI=1S/C24H22ClNO4/c25-18-10-3-1-6-15(18)13-26-21(14-7-5-8-16(27)12-14)20-22(28)17-9-2-4-11-19(17)30-23(20)24(26)29/h1,3,5-8,10,12,17,19,21,27H,2,4,9,11,13H2. The fraction of sp³-hybridized carbons (Fsp3) is 0.333. The molecule has 0 saturated heterocycles. The lowest BCUT2D eigenvalue weighted by Gasteiger charge is -2.35. The van der Waals surface area contributed by atoms with Crippen LogP contribution in [-0.4, -0.2) is 27.8 Å². The highest BCUT2D eigenvalue weighted by molar-refractivity contribution is 6.31. The molecule has 6 heteroatoms. The Morgan fingerprint density at radius 3 is 2.67 bits per heavy atom. The zero-order valence-electron chi connectivity index (χ0n) is 16.4. The highest BCUT2D eigenvalue weighted by atomic mass is 35.5. The number of ketones is 1. The number of nitrogens with zero attached hydrogens (tertiary/aromatic N) is 1. The van der Waals surface area contributed by atoms with Crippen LogP contribution >= 0.6 is 11.6 Å². The minimum atomic E-state index is -0.605. The molecule has 2 aliphatic heterocycles. The first-order chi connectivity index (χ1) is 14.5. The van der Waals surface area contributed by atoms with Crippen LogP contribution in [0.5, 0.6) is 5.75 Å². The van der Waals surface area contributed by atoms with E-state index < -0.39 is 6.04 Å². The molecule has 0 spiro atoms. The van der Waals surface area contributed by atoms with Crippen molar-refractivity contribution in [2.45, 2.75) is 44.4 Å². The summed E-state index contributed by atoms with van der Waals surface area (Å²) in [6.07, 6.45) is 3.35. The Hall–Kier alpha value is -2.79. The Morgan fingerprint density at radius 2 is 1.87 bits per heavy atom. The molecule has 3 atom stereocenters. The maximum absolute atomic E-state index is 13.5. The second-order valence-corrected chi connectivity index (χ2v) is 8.58. The summed E-state index contributed by atoms with van der Waals surface area (Å²) in [6, 6.07) is 13.5. The predicted octanol–water partition coefficient (Wildman–Crippen LogP) is 4.54. The number of carbonyl (C=O) groups is 2. The van der Waals surface area contributed by atoms with Crippen LogP contribution in [0.25, 0.3) is 0 Å². The molecule has 154 valence electrons. The number of hydrogen-bond acceptors (Lipinski definition) is 4. The summed E-state index contributed by atoms with van der Waals surface area (Å²) >= 11 is 6.36. The smallest absolute Gasteiger partial charge is 0.290 e. The molecule has 5 nitrogen and oxygen atoms in total. The van der Waals surface area contributed by atoms with Crippen LogP contribution in [0.1, 0.15) is 42.9 Å². The molecule has 5 rings (SSSR count). The highest BCUT2D eigenvalue weighted by Gasteiger charge is 2.51. The number of phenolic OH excluding ortho intramolecular Hbond substituents is 1. The molecule has 0 radical (unpaired) electrons. The number of benzene rings is 2. The summed E-state index contributed by atoms with van der Waals surface area (Å²) in [5.41, 5.74) is 1.90. The molecule has 30 heavy (non-hydrogen) atoms. The third-order valence-electron chi connectivity index (χ3n) is 6.34. The quantitative estimate of drug-likeness (QED) is 0.786. The lowest BCUT2D eigenvalue weighted by molar-refractivity contribution is -0.135. The van der Waals surface area contributed by atoms with Gasteiger partial charge in [-0.2, -0.15) is 0 Å². The first-order valence-corrected chi connectivity index (χ1v) is 10.7. The van der Waals surface area contributed by atoms with Gasteiger partial charge in [0.15, 0.2) is 11.5 Å². The summed E-state index contributed by atoms with van der Waals surface area (Å²) in [4.78, 5) is 28.6. The van der Waals surface area contributed by atoms with Crippen molar-refractivity contribution >= 4 is 23.3 Å². The molecular formula is C24H22ClNO4. The molecule has 1 fully saturated rings. The molecule has 0 aromatic heterocycles. The van der Waals surface area contributed by atoms with Gasteiger partial charge in [0.05, 0.1) is 17.5 Å². The maximum atomic E-state index is 13.5. The molecule has 1 N–H and O–H groups in total. The van der Waals surface area contributed by atoms with Gasteiger partial charge in [-0.05, 0) is 48.6 Å². The summed E-state index contributed by atoms with van der Waals surface area (Å²) < 4.78 is 6.15. The van der Waals surface area contributed by atoms with Crippen LogP contribution in [0.3, 0.4) is 0 Å². The molecule has 2 heterocycles. The molecule has 0 bridgehead atoms. The van der Waals surface area contributed by atoms with Crippen LogP contribution in [0, 0.1) is 5.92 Å². The number of halogens is 1. The number of carbonyl (C=O) groups excluding carboxylic acids is 2. The van der Waals surface area contributed by atoms with Crippen LogP contribution in [0.4, 0.5) is 0 Å². The van der Waals surface area contributed by atoms with Gasteiger partial charge in [-0.15, -0.1) is 0 Å². The van der Waals surface area contributed by atoms with Crippen molar-refractivity contribution in [3.63, 3.8) is 0 Å². The number of Topliss-reactive ketones (excluding diaryl/α,β-unsaturated/α-hetero) is 1. The fourth-order valence-corrected chi connectivity index (χ4v) is 5.10. The third-order valence-corrected chi connectivity index (χ3v) is 6.71.